The average Bonchev–Trinajstić information content (AvgIpc) is 2.48. The third kappa shape index (κ3) is 3.70. The van der Waals surface area contributed by atoms with E-state index < -0.39 is 0 Å². The molecule has 0 heterocycles. The SMILES string of the molecule is Cc1cc(C(=O)N(C)CCc2ccccc2)ccc1Br. The van der Waals surface area contributed by atoms with E-state index in [2.05, 4.69) is 28.1 Å². The van der Waals surface area contributed by atoms with Crippen molar-refractivity contribution in [3.05, 3.63) is 69.7 Å². The summed E-state index contributed by atoms with van der Waals surface area (Å²) in [5.41, 5.74) is 3.06. The predicted octanol–water partition coefficient (Wildman–Crippen LogP) is 4.07. The molecule has 0 N–H and O–H groups in total. The summed E-state index contributed by atoms with van der Waals surface area (Å²) in [5, 5.41) is 0. The first-order valence-corrected chi connectivity index (χ1v) is 7.43. The molecule has 104 valence electrons. The quantitative estimate of drug-likeness (QED) is 0.826. The van der Waals surface area contributed by atoms with Gasteiger partial charge in [0.05, 0.1) is 0 Å². The number of carbonyl (C=O) groups excluding carboxylic acids is 1. The minimum Gasteiger partial charge on any atom is -0.341 e. The Hall–Kier alpha value is -1.61. The van der Waals surface area contributed by atoms with Crippen LogP contribution in [0, 0.1) is 6.92 Å². The van der Waals surface area contributed by atoms with Crippen LogP contribution in [0.2, 0.25) is 0 Å². The van der Waals surface area contributed by atoms with Gasteiger partial charge in [-0.2, -0.15) is 0 Å². The summed E-state index contributed by atoms with van der Waals surface area (Å²) in [6, 6.07) is 15.9. The summed E-state index contributed by atoms with van der Waals surface area (Å²) in [4.78, 5) is 14.1. The normalized spacial score (nSPS) is 10.3. The zero-order chi connectivity index (χ0) is 14.5. The summed E-state index contributed by atoms with van der Waals surface area (Å²) in [7, 11) is 1.85. The van der Waals surface area contributed by atoms with Crippen molar-refractivity contribution < 1.29 is 4.79 Å². The lowest BCUT2D eigenvalue weighted by Gasteiger charge is -2.17. The Morgan fingerprint density at radius 2 is 1.85 bits per heavy atom. The number of rotatable bonds is 4. The molecular formula is C17H18BrNO. The third-order valence-electron chi connectivity index (χ3n) is 3.33. The maximum Gasteiger partial charge on any atom is 0.253 e. The van der Waals surface area contributed by atoms with Gasteiger partial charge in [0.25, 0.3) is 5.91 Å². The van der Waals surface area contributed by atoms with Crippen molar-refractivity contribution >= 4 is 21.8 Å². The van der Waals surface area contributed by atoms with Crippen LogP contribution in [0.5, 0.6) is 0 Å². The summed E-state index contributed by atoms with van der Waals surface area (Å²) >= 11 is 3.45. The molecule has 2 aromatic carbocycles. The molecule has 0 fully saturated rings. The van der Waals surface area contributed by atoms with Crippen LogP contribution < -0.4 is 0 Å². The molecule has 0 aliphatic rings. The number of hydrogen-bond acceptors (Lipinski definition) is 1. The smallest absolute Gasteiger partial charge is 0.253 e. The van der Waals surface area contributed by atoms with Crippen LogP contribution in [0.15, 0.2) is 53.0 Å². The average molecular weight is 332 g/mol. The lowest BCUT2D eigenvalue weighted by molar-refractivity contribution is 0.0796. The fourth-order valence-corrected chi connectivity index (χ4v) is 2.29. The van der Waals surface area contributed by atoms with Crippen molar-refractivity contribution in [2.45, 2.75) is 13.3 Å². The van der Waals surface area contributed by atoms with E-state index in [-0.39, 0.29) is 5.91 Å². The number of likely N-dealkylation sites (N-methyl/N-ethyl adjacent to an activating group) is 1. The van der Waals surface area contributed by atoms with Gasteiger partial charge in [0.15, 0.2) is 0 Å². The lowest BCUT2D eigenvalue weighted by Crippen LogP contribution is -2.28. The van der Waals surface area contributed by atoms with Gasteiger partial charge in [-0.15, -0.1) is 0 Å². The first-order valence-electron chi connectivity index (χ1n) is 6.63. The molecule has 1 amide bonds. The monoisotopic (exact) mass is 331 g/mol. The molecule has 0 spiro atoms. The lowest BCUT2D eigenvalue weighted by atomic mass is 10.1. The maximum absolute atomic E-state index is 12.3. The fraction of sp³-hybridized carbons (Fsp3) is 0.235. The molecule has 0 atom stereocenters. The van der Waals surface area contributed by atoms with Crippen LogP contribution in [-0.4, -0.2) is 24.4 Å². The Bertz CT molecular complexity index is 595. The highest BCUT2D eigenvalue weighted by atomic mass is 79.9. The molecule has 0 radical (unpaired) electrons. The Morgan fingerprint density at radius 1 is 1.15 bits per heavy atom. The molecule has 0 unspecified atom stereocenters. The second-order valence-corrected chi connectivity index (χ2v) is 5.78. The van der Waals surface area contributed by atoms with Crippen molar-refractivity contribution in [3.8, 4) is 0 Å². The fourth-order valence-electron chi connectivity index (χ4n) is 2.04. The minimum atomic E-state index is 0.0662. The number of aryl methyl sites for hydroxylation is 1. The van der Waals surface area contributed by atoms with Gasteiger partial charge in [-0.1, -0.05) is 46.3 Å². The van der Waals surface area contributed by atoms with Gasteiger partial charge in [0.2, 0.25) is 0 Å². The van der Waals surface area contributed by atoms with E-state index in [0.717, 1.165) is 28.6 Å². The second kappa shape index (κ2) is 6.71. The van der Waals surface area contributed by atoms with Crippen LogP contribution in [0.4, 0.5) is 0 Å². The highest BCUT2D eigenvalue weighted by Gasteiger charge is 2.12. The molecule has 2 nitrogen and oxygen atoms in total. The number of amides is 1. The summed E-state index contributed by atoms with van der Waals surface area (Å²) in [6.07, 6.45) is 0.874. The molecule has 0 aliphatic carbocycles. The number of carbonyl (C=O) groups is 1. The van der Waals surface area contributed by atoms with E-state index in [9.17, 15) is 4.79 Å². The largest absolute Gasteiger partial charge is 0.341 e. The molecule has 0 aromatic heterocycles. The second-order valence-electron chi connectivity index (χ2n) is 4.93. The molecule has 20 heavy (non-hydrogen) atoms. The molecule has 3 heteroatoms. The number of halogens is 1. The van der Waals surface area contributed by atoms with E-state index in [1.165, 1.54) is 5.56 Å². The Balaban J connectivity index is 1.99. The highest BCUT2D eigenvalue weighted by molar-refractivity contribution is 9.10. The van der Waals surface area contributed by atoms with Gasteiger partial charge >= 0.3 is 0 Å². The van der Waals surface area contributed by atoms with Crippen molar-refractivity contribution in [2.24, 2.45) is 0 Å². The van der Waals surface area contributed by atoms with Crippen LogP contribution in [0.3, 0.4) is 0 Å². The van der Waals surface area contributed by atoms with Gasteiger partial charge in [-0.05, 0) is 42.7 Å². The third-order valence-corrected chi connectivity index (χ3v) is 4.22. The Kier molecular flexibility index (Phi) is 4.96. The van der Waals surface area contributed by atoms with Crippen molar-refractivity contribution in [2.75, 3.05) is 13.6 Å². The maximum atomic E-state index is 12.3. The molecule has 2 aromatic rings. The van der Waals surface area contributed by atoms with E-state index >= 15 is 0 Å². The molecule has 2 rings (SSSR count). The van der Waals surface area contributed by atoms with Gasteiger partial charge in [0.1, 0.15) is 0 Å². The van der Waals surface area contributed by atoms with Crippen molar-refractivity contribution in [3.63, 3.8) is 0 Å². The molecule has 0 saturated heterocycles. The van der Waals surface area contributed by atoms with Crippen molar-refractivity contribution in [1.82, 2.24) is 4.90 Å². The standard InChI is InChI=1S/C17H18BrNO/c1-13-12-15(8-9-16(13)18)17(20)19(2)11-10-14-6-4-3-5-7-14/h3-9,12H,10-11H2,1-2H3. The van der Waals surface area contributed by atoms with Crippen LogP contribution >= 0.6 is 15.9 Å². The molecule has 0 aliphatic heterocycles. The topological polar surface area (TPSA) is 20.3 Å². The van der Waals surface area contributed by atoms with Gasteiger partial charge < -0.3 is 4.90 Å². The van der Waals surface area contributed by atoms with Crippen LogP contribution in [0.25, 0.3) is 0 Å². The Morgan fingerprint density at radius 3 is 2.50 bits per heavy atom. The number of nitrogens with zero attached hydrogens (tertiary/aromatic N) is 1. The zero-order valence-electron chi connectivity index (χ0n) is 11.8. The number of hydrogen-bond donors (Lipinski definition) is 0. The van der Waals surface area contributed by atoms with Gasteiger partial charge in [0, 0.05) is 23.6 Å². The summed E-state index contributed by atoms with van der Waals surface area (Å²) in [5.74, 6) is 0.0662. The van der Waals surface area contributed by atoms with E-state index in [1.54, 1.807) is 4.90 Å². The minimum absolute atomic E-state index is 0.0662. The van der Waals surface area contributed by atoms with E-state index in [0.29, 0.717) is 0 Å². The summed E-state index contributed by atoms with van der Waals surface area (Å²) in [6.45, 7) is 2.71. The molecule has 0 bridgehead atoms. The van der Waals surface area contributed by atoms with E-state index in [4.69, 9.17) is 0 Å². The number of benzene rings is 2. The Labute approximate surface area is 128 Å². The van der Waals surface area contributed by atoms with Crippen LogP contribution in [-0.2, 0) is 6.42 Å². The van der Waals surface area contributed by atoms with E-state index in [1.807, 2.05) is 50.4 Å². The van der Waals surface area contributed by atoms with Gasteiger partial charge in [-0.3, -0.25) is 4.79 Å². The van der Waals surface area contributed by atoms with Crippen LogP contribution in [0.1, 0.15) is 21.5 Å². The van der Waals surface area contributed by atoms with Crippen molar-refractivity contribution in [1.29, 1.82) is 0 Å². The predicted molar refractivity (Wildman–Crippen MR) is 86.0 cm³/mol. The first kappa shape index (κ1) is 14.8. The first-order chi connectivity index (χ1) is 9.58. The highest BCUT2D eigenvalue weighted by Crippen LogP contribution is 2.18. The molecular weight excluding hydrogens is 314 g/mol. The zero-order valence-corrected chi connectivity index (χ0v) is 13.4. The van der Waals surface area contributed by atoms with Gasteiger partial charge in [-0.25, -0.2) is 0 Å². The molecule has 0 saturated carbocycles. The summed E-state index contributed by atoms with van der Waals surface area (Å²) < 4.78 is 1.03.